The van der Waals surface area contributed by atoms with Crippen molar-refractivity contribution in [3.8, 4) is 0 Å². The highest BCUT2D eigenvalue weighted by Crippen LogP contribution is 2.12. The van der Waals surface area contributed by atoms with Gasteiger partial charge in [0.05, 0.1) is 11.3 Å². The molecular weight excluding hydrogens is 238 g/mol. The highest BCUT2D eigenvalue weighted by Gasteiger charge is 2.18. The molecule has 1 aromatic carbocycles. The minimum absolute atomic E-state index is 0.0275. The van der Waals surface area contributed by atoms with Crippen molar-refractivity contribution in [2.45, 2.75) is 20.3 Å². The summed E-state index contributed by atoms with van der Waals surface area (Å²) in [6.07, 6.45) is 0.860. The van der Waals surface area contributed by atoms with Gasteiger partial charge in [0.25, 0.3) is 5.91 Å². The quantitative estimate of drug-likeness (QED) is 0.914. The molecule has 19 heavy (non-hydrogen) atoms. The maximum atomic E-state index is 12.3. The molecule has 2 aromatic rings. The summed E-state index contributed by atoms with van der Waals surface area (Å²) in [5, 5.41) is 6.91. The number of nitrogens with one attached hydrogen (secondary N) is 1. The van der Waals surface area contributed by atoms with Crippen LogP contribution < -0.4 is 0 Å². The molecule has 0 saturated carbocycles. The summed E-state index contributed by atoms with van der Waals surface area (Å²) in [5.74, 6) is 0.0275. The highest BCUT2D eigenvalue weighted by molar-refractivity contribution is 5.96. The van der Waals surface area contributed by atoms with Gasteiger partial charge in [0, 0.05) is 19.3 Å². The number of carbonyl (C=O) groups is 1. The average molecular weight is 257 g/mol. The van der Waals surface area contributed by atoms with Crippen molar-refractivity contribution in [2.24, 2.45) is 0 Å². The molecule has 1 amide bonds. The van der Waals surface area contributed by atoms with Crippen LogP contribution in [0.25, 0.3) is 0 Å². The van der Waals surface area contributed by atoms with Gasteiger partial charge in [0.1, 0.15) is 0 Å². The summed E-state index contributed by atoms with van der Waals surface area (Å²) >= 11 is 0. The van der Waals surface area contributed by atoms with E-state index >= 15 is 0 Å². The van der Waals surface area contributed by atoms with E-state index in [9.17, 15) is 4.79 Å². The zero-order chi connectivity index (χ0) is 13.8. The zero-order valence-corrected chi connectivity index (χ0v) is 11.6. The molecule has 0 radical (unpaired) electrons. The molecule has 1 heterocycles. The Hall–Kier alpha value is -2.10. The first-order valence-corrected chi connectivity index (χ1v) is 6.40. The first-order valence-electron chi connectivity index (χ1n) is 6.40. The van der Waals surface area contributed by atoms with E-state index in [1.165, 1.54) is 5.56 Å². The Bertz CT molecular complexity index is 541. The summed E-state index contributed by atoms with van der Waals surface area (Å²) in [6.45, 7) is 4.42. The molecule has 0 unspecified atom stereocenters. The summed E-state index contributed by atoms with van der Waals surface area (Å²) in [7, 11) is 1.83. The van der Waals surface area contributed by atoms with Crippen LogP contribution in [0, 0.1) is 13.8 Å². The van der Waals surface area contributed by atoms with Gasteiger partial charge in [-0.3, -0.25) is 9.89 Å². The number of amides is 1. The van der Waals surface area contributed by atoms with Crippen molar-refractivity contribution in [1.82, 2.24) is 15.1 Å². The lowest BCUT2D eigenvalue weighted by Gasteiger charge is -2.17. The Morgan fingerprint density at radius 1 is 1.26 bits per heavy atom. The number of likely N-dealkylation sites (N-methyl/N-ethyl adjacent to an activating group) is 1. The Kier molecular flexibility index (Phi) is 4.00. The van der Waals surface area contributed by atoms with Gasteiger partial charge >= 0.3 is 0 Å². The standard InChI is InChI=1S/C15H19N3O/c1-11-14(12(2)17-16-11)15(19)18(3)10-9-13-7-5-4-6-8-13/h4-8H,9-10H2,1-3H3,(H,16,17). The minimum Gasteiger partial charge on any atom is -0.341 e. The maximum Gasteiger partial charge on any atom is 0.257 e. The molecule has 0 bridgehead atoms. The Labute approximate surface area is 113 Å². The second-order valence-corrected chi connectivity index (χ2v) is 4.77. The molecule has 0 saturated heterocycles. The van der Waals surface area contributed by atoms with Crippen molar-refractivity contribution in [3.05, 3.63) is 52.8 Å². The van der Waals surface area contributed by atoms with Crippen LogP contribution in [-0.4, -0.2) is 34.6 Å². The summed E-state index contributed by atoms with van der Waals surface area (Å²) in [4.78, 5) is 14.1. The molecule has 0 aliphatic carbocycles. The van der Waals surface area contributed by atoms with Crippen molar-refractivity contribution in [3.63, 3.8) is 0 Å². The van der Waals surface area contributed by atoms with Crippen LogP contribution in [0.1, 0.15) is 27.3 Å². The van der Waals surface area contributed by atoms with E-state index in [-0.39, 0.29) is 5.91 Å². The lowest BCUT2D eigenvalue weighted by atomic mass is 10.1. The van der Waals surface area contributed by atoms with Gasteiger partial charge in [-0.2, -0.15) is 5.10 Å². The van der Waals surface area contributed by atoms with E-state index in [1.807, 2.05) is 39.1 Å². The number of aryl methyl sites for hydroxylation is 2. The van der Waals surface area contributed by atoms with Crippen molar-refractivity contribution < 1.29 is 4.79 Å². The average Bonchev–Trinajstić information content (AvgIpc) is 2.76. The molecule has 0 spiro atoms. The first kappa shape index (κ1) is 13.3. The molecule has 0 fully saturated rings. The van der Waals surface area contributed by atoms with Crippen molar-refractivity contribution in [2.75, 3.05) is 13.6 Å². The summed E-state index contributed by atoms with van der Waals surface area (Å²) in [6, 6.07) is 10.2. The number of carbonyl (C=O) groups excluding carboxylic acids is 1. The third kappa shape index (κ3) is 3.02. The molecule has 1 aromatic heterocycles. The Morgan fingerprint density at radius 3 is 2.53 bits per heavy atom. The monoisotopic (exact) mass is 257 g/mol. The minimum atomic E-state index is 0.0275. The maximum absolute atomic E-state index is 12.3. The third-order valence-electron chi connectivity index (χ3n) is 3.27. The number of benzene rings is 1. The number of rotatable bonds is 4. The molecule has 1 N–H and O–H groups in total. The fraction of sp³-hybridized carbons (Fsp3) is 0.333. The van der Waals surface area contributed by atoms with Gasteiger partial charge < -0.3 is 4.90 Å². The molecule has 4 heteroatoms. The zero-order valence-electron chi connectivity index (χ0n) is 11.6. The largest absolute Gasteiger partial charge is 0.341 e. The van der Waals surface area contributed by atoms with Crippen molar-refractivity contribution in [1.29, 1.82) is 0 Å². The van der Waals surface area contributed by atoms with Crippen LogP contribution in [0.5, 0.6) is 0 Å². The van der Waals surface area contributed by atoms with E-state index in [1.54, 1.807) is 4.90 Å². The molecule has 4 nitrogen and oxygen atoms in total. The smallest absolute Gasteiger partial charge is 0.257 e. The van der Waals surface area contributed by atoms with Gasteiger partial charge in [-0.25, -0.2) is 0 Å². The van der Waals surface area contributed by atoms with Crippen LogP contribution in [-0.2, 0) is 6.42 Å². The van der Waals surface area contributed by atoms with Gasteiger partial charge in [-0.1, -0.05) is 30.3 Å². The predicted molar refractivity (Wildman–Crippen MR) is 75.2 cm³/mol. The SMILES string of the molecule is Cc1n[nH]c(C)c1C(=O)N(C)CCc1ccccc1. The fourth-order valence-electron chi connectivity index (χ4n) is 2.10. The fourth-order valence-corrected chi connectivity index (χ4v) is 2.10. The predicted octanol–water partition coefficient (Wildman–Crippen LogP) is 2.34. The highest BCUT2D eigenvalue weighted by atomic mass is 16.2. The van der Waals surface area contributed by atoms with Gasteiger partial charge in [0.15, 0.2) is 0 Å². The molecular formula is C15H19N3O. The van der Waals surface area contributed by atoms with E-state index in [0.29, 0.717) is 12.1 Å². The van der Waals surface area contributed by atoms with Gasteiger partial charge in [-0.15, -0.1) is 0 Å². The van der Waals surface area contributed by atoms with E-state index in [2.05, 4.69) is 22.3 Å². The summed E-state index contributed by atoms with van der Waals surface area (Å²) in [5.41, 5.74) is 3.52. The van der Waals surface area contributed by atoms with Crippen LogP contribution in [0.15, 0.2) is 30.3 Å². The molecule has 2 rings (SSSR count). The van der Waals surface area contributed by atoms with Crippen molar-refractivity contribution >= 4 is 5.91 Å². The topological polar surface area (TPSA) is 49.0 Å². The van der Waals surface area contributed by atoms with Gasteiger partial charge in [0.2, 0.25) is 0 Å². The van der Waals surface area contributed by atoms with Crippen LogP contribution in [0.3, 0.4) is 0 Å². The summed E-state index contributed by atoms with van der Waals surface area (Å²) < 4.78 is 0. The number of hydrogen-bond donors (Lipinski definition) is 1. The third-order valence-corrected chi connectivity index (χ3v) is 3.27. The Morgan fingerprint density at radius 2 is 1.95 bits per heavy atom. The van der Waals surface area contributed by atoms with Crippen LogP contribution >= 0.6 is 0 Å². The normalized spacial score (nSPS) is 10.5. The molecule has 0 aliphatic rings. The number of nitrogens with zero attached hydrogens (tertiary/aromatic N) is 2. The van der Waals surface area contributed by atoms with E-state index in [0.717, 1.165) is 17.8 Å². The number of H-pyrrole nitrogens is 1. The van der Waals surface area contributed by atoms with Gasteiger partial charge in [-0.05, 0) is 25.8 Å². The lowest BCUT2D eigenvalue weighted by Crippen LogP contribution is -2.29. The lowest BCUT2D eigenvalue weighted by molar-refractivity contribution is 0.0795. The second-order valence-electron chi connectivity index (χ2n) is 4.77. The molecule has 0 aliphatic heterocycles. The number of aromatic nitrogens is 2. The van der Waals surface area contributed by atoms with E-state index in [4.69, 9.17) is 0 Å². The number of hydrogen-bond acceptors (Lipinski definition) is 2. The van der Waals surface area contributed by atoms with Crippen LogP contribution in [0.4, 0.5) is 0 Å². The van der Waals surface area contributed by atoms with E-state index < -0.39 is 0 Å². The van der Waals surface area contributed by atoms with Crippen LogP contribution in [0.2, 0.25) is 0 Å². The first-order chi connectivity index (χ1) is 9.09. The Balaban J connectivity index is 2.01. The molecule has 100 valence electrons. The second kappa shape index (κ2) is 5.69. The molecule has 0 atom stereocenters. The number of aromatic amines is 1.